The van der Waals surface area contributed by atoms with Gasteiger partial charge in [0.25, 0.3) is 0 Å². The summed E-state index contributed by atoms with van der Waals surface area (Å²) < 4.78 is 4.96. The van der Waals surface area contributed by atoms with Crippen molar-refractivity contribution in [2.45, 2.75) is 25.9 Å². The molecule has 0 fully saturated rings. The number of nitrogens with zero attached hydrogens (tertiary/aromatic N) is 1. The van der Waals surface area contributed by atoms with Crippen LogP contribution in [0, 0.1) is 11.3 Å². The van der Waals surface area contributed by atoms with Crippen molar-refractivity contribution in [2.75, 3.05) is 0 Å². The number of carbonyl (C=O) groups is 2. The number of ether oxygens (including phenoxy) is 1. The van der Waals surface area contributed by atoms with Gasteiger partial charge in [-0.2, -0.15) is 5.26 Å². The summed E-state index contributed by atoms with van der Waals surface area (Å²) in [5.74, 6) is -0.619. The highest BCUT2D eigenvalue weighted by atomic mass is 16.5. The van der Waals surface area contributed by atoms with Crippen LogP contribution >= 0.6 is 0 Å². The van der Waals surface area contributed by atoms with E-state index in [-0.39, 0.29) is 5.78 Å². The first-order chi connectivity index (χ1) is 8.11. The monoisotopic (exact) mass is 229 g/mol. The molecule has 4 heteroatoms. The molecule has 0 saturated heterocycles. The van der Waals surface area contributed by atoms with Gasteiger partial charge in [0.1, 0.15) is 0 Å². The van der Waals surface area contributed by atoms with Gasteiger partial charge < -0.3 is 4.74 Å². The van der Waals surface area contributed by atoms with E-state index in [1.54, 1.807) is 18.2 Å². The molecular weight excluding hydrogens is 218 g/mol. The third-order valence-corrected chi connectivity index (χ3v) is 2.78. The second kappa shape index (κ2) is 4.38. The molecule has 1 aromatic carbocycles. The standard InChI is InChI=1S/C13H11NO3/c1-8(15)17-12-5-3-10-6-9(7-14)2-4-11(10)13(12)16/h2,4,6,12H,3,5H2,1H3. The molecule has 1 aliphatic rings. The number of esters is 1. The average molecular weight is 229 g/mol. The number of fused-ring (bicyclic) bond motifs is 1. The van der Waals surface area contributed by atoms with Crippen LogP contribution in [-0.4, -0.2) is 17.9 Å². The van der Waals surface area contributed by atoms with Crippen molar-refractivity contribution >= 4 is 11.8 Å². The lowest BCUT2D eigenvalue weighted by molar-refractivity contribution is -0.144. The molecule has 0 saturated carbocycles. The largest absolute Gasteiger partial charge is 0.454 e. The van der Waals surface area contributed by atoms with Crippen LogP contribution in [0.2, 0.25) is 0 Å². The first-order valence-corrected chi connectivity index (χ1v) is 5.36. The number of Topliss-reactive ketones (excluding diaryl/α,β-unsaturated/α-hetero) is 1. The molecule has 0 bridgehead atoms. The SMILES string of the molecule is CC(=O)OC1CCc2cc(C#N)ccc2C1=O. The van der Waals surface area contributed by atoms with E-state index in [4.69, 9.17) is 10.00 Å². The smallest absolute Gasteiger partial charge is 0.303 e. The zero-order chi connectivity index (χ0) is 12.4. The Kier molecular flexibility index (Phi) is 2.92. The van der Waals surface area contributed by atoms with Gasteiger partial charge in [-0.15, -0.1) is 0 Å². The Morgan fingerprint density at radius 3 is 2.94 bits per heavy atom. The number of rotatable bonds is 1. The lowest BCUT2D eigenvalue weighted by Gasteiger charge is -2.22. The highest BCUT2D eigenvalue weighted by molar-refractivity contribution is 6.02. The summed E-state index contributed by atoms with van der Waals surface area (Å²) in [6.45, 7) is 1.29. The molecule has 0 heterocycles. The number of hydrogen-bond donors (Lipinski definition) is 0. The molecule has 1 aliphatic carbocycles. The Morgan fingerprint density at radius 1 is 1.53 bits per heavy atom. The number of carbonyl (C=O) groups excluding carboxylic acids is 2. The molecule has 1 aromatic rings. The lowest BCUT2D eigenvalue weighted by atomic mass is 9.87. The van der Waals surface area contributed by atoms with Gasteiger partial charge in [-0.1, -0.05) is 0 Å². The minimum Gasteiger partial charge on any atom is -0.454 e. The fourth-order valence-electron chi connectivity index (χ4n) is 2.01. The van der Waals surface area contributed by atoms with Gasteiger partial charge in [-0.25, -0.2) is 0 Å². The summed E-state index contributed by atoms with van der Waals surface area (Å²) in [7, 11) is 0. The van der Waals surface area contributed by atoms with Crippen molar-refractivity contribution < 1.29 is 14.3 Å². The van der Waals surface area contributed by atoms with E-state index in [0.717, 1.165) is 5.56 Å². The molecule has 4 nitrogen and oxygen atoms in total. The first-order valence-electron chi connectivity index (χ1n) is 5.36. The van der Waals surface area contributed by atoms with Crippen LogP contribution in [0.1, 0.15) is 34.8 Å². The van der Waals surface area contributed by atoms with E-state index in [0.29, 0.717) is 24.0 Å². The molecule has 0 N–H and O–H groups in total. The zero-order valence-electron chi connectivity index (χ0n) is 9.40. The Hall–Kier alpha value is -2.15. The maximum Gasteiger partial charge on any atom is 0.303 e. The number of hydrogen-bond acceptors (Lipinski definition) is 4. The Bertz CT molecular complexity index is 528. The van der Waals surface area contributed by atoms with Crippen LogP contribution in [-0.2, 0) is 16.0 Å². The summed E-state index contributed by atoms with van der Waals surface area (Å²) in [5.41, 5.74) is 1.96. The number of nitriles is 1. The molecule has 0 aromatic heterocycles. The molecule has 2 rings (SSSR count). The van der Waals surface area contributed by atoms with Crippen molar-refractivity contribution in [1.29, 1.82) is 5.26 Å². The van der Waals surface area contributed by atoms with Crippen molar-refractivity contribution in [3.05, 3.63) is 34.9 Å². The minimum atomic E-state index is -0.673. The van der Waals surface area contributed by atoms with Crippen LogP contribution in [0.3, 0.4) is 0 Å². The molecule has 17 heavy (non-hydrogen) atoms. The van der Waals surface area contributed by atoms with E-state index in [9.17, 15) is 9.59 Å². The lowest BCUT2D eigenvalue weighted by Crippen LogP contribution is -2.31. The summed E-state index contributed by atoms with van der Waals surface area (Å²) in [4.78, 5) is 22.8. The predicted octanol–water partition coefficient (Wildman–Crippen LogP) is 1.62. The number of aryl methyl sites for hydroxylation is 1. The third kappa shape index (κ3) is 2.18. The first kappa shape index (κ1) is 11.3. The Balaban J connectivity index is 2.31. The maximum absolute atomic E-state index is 12.0. The quantitative estimate of drug-likeness (QED) is 0.686. The average Bonchev–Trinajstić information content (AvgIpc) is 2.32. The normalized spacial score (nSPS) is 18.1. The van der Waals surface area contributed by atoms with Crippen LogP contribution in [0.25, 0.3) is 0 Å². The Morgan fingerprint density at radius 2 is 2.29 bits per heavy atom. The zero-order valence-corrected chi connectivity index (χ0v) is 9.40. The molecule has 1 atom stereocenters. The second-order valence-corrected chi connectivity index (χ2v) is 3.98. The Labute approximate surface area is 98.8 Å². The molecule has 0 spiro atoms. The molecule has 0 aliphatic heterocycles. The van der Waals surface area contributed by atoms with Gasteiger partial charge in [0, 0.05) is 12.5 Å². The van der Waals surface area contributed by atoms with Gasteiger partial charge in [0.15, 0.2) is 6.10 Å². The number of ketones is 1. The van der Waals surface area contributed by atoms with Gasteiger partial charge in [0.05, 0.1) is 11.6 Å². The highest BCUT2D eigenvalue weighted by Gasteiger charge is 2.29. The summed E-state index contributed by atoms with van der Waals surface area (Å²) in [6.07, 6.45) is 0.461. The van der Waals surface area contributed by atoms with Gasteiger partial charge in [-0.3, -0.25) is 9.59 Å². The third-order valence-electron chi connectivity index (χ3n) is 2.78. The molecule has 0 amide bonds. The van der Waals surface area contributed by atoms with E-state index < -0.39 is 12.1 Å². The van der Waals surface area contributed by atoms with Crippen molar-refractivity contribution in [3.8, 4) is 6.07 Å². The fourth-order valence-corrected chi connectivity index (χ4v) is 2.01. The van der Waals surface area contributed by atoms with Crippen LogP contribution in [0.4, 0.5) is 0 Å². The van der Waals surface area contributed by atoms with Gasteiger partial charge in [-0.05, 0) is 36.6 Å². The van der Waals surface area contributed by atoms with Crippen LogP contribution in [0.15, 0.2) is 18.2 Å². The fraction of sp³-hybridized carbons (Fsp3) is 0.308. The summed E-state index contributed by atoms with van der Waals surface area (Å²) in [5, 5.41) is 8.77. The van der Waals surface area contributed by atoms with E-state index in [1.807, 2.05) is 6.07 Å². The number of benzene rings is 1. The molecular formula is C13H11NO3. The highest BCUT2D eigenvalue weighted by Crippen LogP contribution is 2.24. The van der Waals surface area contributed by atoms with Crippen LogP contribution < -0.4 is 0 Å². The molecule has 0 radical (unpaired) electrons. The van der Waals surface area contributed by atoms with Gasteiger partial charge in [0.2, 0.25) is 5.78 Å². The van der Waals surface area contributed by atoms with Crippen molar-refractivity contribution in [3.63, 3.8) is 0 Å². The van der Waals surface area contributed by atoms with Gasteiger partial charge >= 0.3 is 5.97 Å². The summed E-state index contributed by atoms with van der Waals surface area (Å²) in [6, 6.07) is 6.99. The summed E-state index contributed by atoms with van der Waals surface area (Å²) >= 11 is 0. The molecule has 1 unspecified atom stereocenters. The second-order valence-electron chi connectivity index (χ2n) is 3.98. The van der Waals surface area contributed by atoms with E-state index >= 15 is 0 Å². The van der Waals surface area contributed by atoms with Crippen LogP contribution in [0.5, 0.6) is 0 Å². The maximum atomic E-state index is 12.0. The van der Waals surface area contributed by atoms with E-state index in [1.165, 1.54) is 6.92 Å². The van der Waals surface area contributed by atoms with E-state index in [2.05, 4.69) is 0 Å². The molecule has 86 valence electrons. The van der Waals surface area contributed by atoms with Crippen molar-refractivity contribution in [1.82, 2.24) is 0 Å². The predicted molar refractivity (Wildman–Crippen MR) is 59.4 cm³/mol. The topological polar surface area (TPSA) is 67.2 Å². The van der Waals surface area contributed by atoms with Crippen molar-refractivity contribution in [2.24, 2.45) is 0 Å². The minimum absolute atomic E-state index is 0.175.